The number of aromatic nitrogens is 1. The van der Waals surface area contributed by atoms with Gasteiger partial charge in [0.1, 0.15) is 0 Å². The number of nitrogens with zero attached hydrogens (tertiary/aromatic N) is 4. The van der Waals surface area contributed by atoms with E-state index in [4.69, 9.17) is 5.11 Å². The summed E-state index contributed by atoms with van der Waals surface area (Å²) in [4.78, 5) is 38.4. The molecule has 12 heteroatoms. The Morgan fingerprint density at radius 3 is 1.75 bits per heavy atom. The first-order valence-corrected chi connectivity index (χ1v) is 6.07. The predicted octanol–water partition coefficient (Wildman–Crippen LogP) is 1.50. The number of non-ortho nitro benzene ring substituents is 1. The minimum Gasteiger partial charge on any atom is -0.497 e. The molecule has 0 spiro atoms. The molecule has 0 radical (unpaired) electrons. The van der Waals surface area contributed by atoms with Crippen LogP contribution in [0.2, 0.25) is 0 Å². The van der Waals surface area contributed by atoms with Gasteiger partial charge in [0.15, 0.2) is 0 Å². The zero-order chi connectivity index (χ0) is 18.4. The molecule has 1 heterocycles. The summed E-state index contributed by atoms with van der Waals surface area (Å²) in [7, 11) is 1.72. The quantitative estimate of drug-likeness (QED) is 0.647. The third kappa shape index (κ3) is 4.33. The second kappa shape index (κ2) is 7.44. The highest BCUT2D eigenvalue weighted by Gasteiger charge is 2.30. The predicted molar refractivity (Wildman–Crippen MR) is 79.8 cm³/mol. The van der Waals surface area contributed by atoms with Gasteiger partial charge in [0.2, 0.25) is 5.56 Å². The van der Waals surface area contributed by atoms with Crippen LogP contribution < -0.4 is 5.56 Å². The number of rotatable bonds is 3. The Bertz CT molecular complexity index is 825. The maximum Gasteiger partial charge on any atom is 0.324 e. The van der Waals surface area contributed by atoms with Crippen molar-refractivity contribution in [2.45, 2.75) is 0 Å². The standard InChI is InChI=1S/C6H3N3O7.C6H7NO/c10-6-4(8(13)14)1-3(7(11)12)2-5(6)9(15)16;1-7-5-3-2-4-6(7)8/h1-2,10H;2-5H,1H3. The highest BCUT2D eigenvalue weighted by atomic mass is 16.6. The summed E-state index contributed by atoms with van der Waals surface area (Å²) in [5, 5.41) is 40.2. The average Bonchev–Trinajstić information content (AvgIpc) is 2.50. The molecule has 1 N–H and O–H groups in total. The summed E-state index contributed by atoms with van der Waals surface area (Å²) in [6.07, 6.45) is 1.72. The van der Waals surface area contributed by atoms with Gasteiger partial charge in [-0.2, -0.15) is 0 Å². The van der Waals surface area contributed by atoms with Crippen LogP contribution in [0.4, 0.5) is 17.1 Å². The molecular weight excluding hydrogens is 328 g/mol. The molecule has 0 atom stereocenters. The summed E-state index contributed by atoms with van der Waals surface area (Å²) in [6.45, 7) is 0. The van der Waals surface area contributed by atoms with Crippen LogP contribution in [-0.4, -0.2) is 24.4 Å². The maximum absolute atomic E-state index is 10.6. The molecule has 1 aromatic carbocycles. The molecule has 0 fully saturated rings. The van der Waals surface area contributed by atoms with E-state index in [2.05, 4.69) is 0 Å². The molecular formula is C12H10N4O8. The number of benzene rings is 1. The molecule has 0 unspecified atom stereocenters. The van der Waals surface area contributed by atoms with Crippen LogP contribution in [0, 0.1) is 30.3 Å². The number of hydrogen-bond donors (Lipinski definition) is 1. The van der Waals surface area contributed by atoms with Crippen molar-refractivity contribution in [1.29, 1.82) is 0 Å². The van der Waals surface area contributed by atoms with Crippen LogP contribution in [-0.2, 0) is 7.05 Å². The number of nitro benzene ring substituents is 3. The number of hydrogen-bond acceptors (Lipinski definition) is 8. The van der Waals surface area contributed by atoms with E-state index < -0.39 is 37.6 Å². The first-order chi connectivity index (χ1) is 11.1. The Labute approximate surface area is 132 Å². The van der Waals surface area contributed by atoms with Crippen molar-refractivity contribution < 1.29 is 19.9 Å². The lowest BCUT2D eigenvalue weighted by molar-refractivity contribution is -0.404. The van der Waals surface area contributed by atoms with Gasteiger partial charge in [-0.05, 0) is 6.07 Å². The van der Waals surface area contributed by atoms with E-state index in [9.17, 15) is 35.1 Å². The smallest absolute Gasteiger partial charge is 0.324 e. The van der Waals surface area contributed by atoms with Crippen LogP contribution in [0.15, 0.2) is 41.3 Å². The Kier molecular flexibility index (Phi) is 5.65. The van der Waals surface area contributed by atoms with E-state index in [0.29, 0.717) is 12.1 Å². The molecule has 0 aliphatic carbocycles. The molecule has 0 bridgehead atoms. The molecule has 24 heavy (non-hydrogen) atoms. The van der Waals surface area contributed by atoms with Gasteiger partial charge in [0.05, 0.1) is 26.9 Å². The Balaban J connectivity index is 0.000000300. The summed E-state index contributed by atoms with van der Waals surface area (Å²) >= 11 is 0. The fourth-order valence-corrected chi connectivity index (χ4v) is 1.48. The Morgan fingerprint density at radius 2 is 1.46 bits per heavy atom. The van der Waals surface area contributed by atoms with Crippen LogP contribution in [0.1, 0.15) is 0 Å². The number of phenolic OH excluding ortho intramolecular Hbond substituents is 1. The summed E-state index contributed by atoms with van der Waals surface area (Å²) in [5.74, 6) is -1.21. The topological polar surface area (TPSA) is 172 Å². The lowest BCUT2D eigenvalue weighted by Gasteiger charge is -1.97. The van der Waals surface area contributed by atoms with Crippen molar-refractivity contribution in [2.24, 2.45) is 7.05 Å². The van der Waals surface area contributed by atoms with Crippen LogP contribution >= 0.6 is 0 Å². The summed E-state index contributed by atoms with van der Waals surface area (Å²) in [5.41, 5.74) is -2.97. The van der Waals surface area contributed by atoms with E-state index in [0.717, 1.165) is 0 Å². The molecule has 2 rings (SSSR count). The van der Waals surface area contributed by atoms with Crippen LogP contribution in [0.3, 0.4) is 0 Å². The maximum atomic E-state index is 10.6. The Hall–Kier alpha value is -3.83. The third-order valence-corrected chi connectivity index (χ3v) is 2.67. The van der Waals surface area contributed by atoms with Crippen molar-refractivity contribution in [3.63, 3.8) is 0 Å². The minimum atomic E-state index is -1.21. The lowest BCUT2D eigenvalue weighted by Crippen LogP contribution is -2.12. The van der Waals surface area contributed by atoms with Crippen molar-refractivity contribution in [3.8, 4) is 5.75 Å². The largest absolute Gasteiger partial charge is 0.497 e. The Morgan fingerprint density at radius 1 is 0.958 bits per heavy atom. The van der Waals surface area contributed by atoms with Crippen molar-refractivity contribution in [1.82, 2.24) is 4.57 Å². The van der Waals surface area contributed by atoms with Gasteiger partial charge in [-0.1, -0.05) is 6.07 Å². The minimum absolute atomic E-state index is 0.0347. The zero-order valence-electron chi connectivity index (χ0n) is 12.1. The van der Waals surface area contributed by atoms with Gasteiger partial charge in [-0.25, -0.2) is 0 Å². The first kappa shape index (κ1) is 18.2. The van der Waals surface area contributed by atoms with Gasteiger partial charge >= 0.3 is 11.4 Å². The fourth-order valence-electron chi connectivity index (χ4n) is 1.48. The van der Waals surface area contributed by atoms with E-state index in [1.54, 1.807) is 19.3 Å². The van der Waals surface area contributed by atoms with E-state index >= 15 is 0 Å². The SMILES string of the molecule is Cn1ccccc1=O.O=[N+]([O-])c1cc([N+](=O)[O-])c(O)c([N+](=O)[O-])c1. The summed E-state index contributed by atoms with van der Waals surface area (Å²) < 4.78 is 1.53. The fraction of sp³-hybridized carbons (Fsp3) is 0.0833. The van der Waals surface area contributed by atoms with Gasteiger partial charge < -0.3 is 9.67 Å². The molecule has 12 nitrogen and oxygen atoms in total. The average molecular weight is 338 g/mol. The first-order valence-electron chi connectivity index (χ1n) is 6.07. The number of phenols is 1. The van der Waals surface area contributed by atoms with Crippen molar-refractivity contribution >= 4 is 17.1 Å². The van der Waals surface area contributed by atoms with E-state index in [1.165, 1.54) is 10.6 Å². The molecule has 126 valence electrons. The molecule has 0 saturated heterocycles. The number of aromatic hydroxyl groups is 1. The lowest BCUT2D eigenvalue weighted by atomic mass is 10.2. The number of nitro groups is 3. The highest BCUT2D eigenvalue weighted by Crippen LogP contribution is 2.38. The highest BCUT2D eigenvalue weighted by molar-refractivity contribution is 5.64. The van der Waals surface area contributed by atoms with Crippen molar-refractivity contribution in [2.75, 3.05) is 0 Å². The second-order valence-corrected chi connectivity index (χ2v) is 4.25. The van der Waals surface area contributed by atoms with Gasteiger partial charge in [-0.15, -0.1) is 0 Å². The number of aryl methyl sites for hydroxylation is 1. The van der Waals surface area contributed by atoms with Crippen molar-refractivity contribution in [3.05, 3.63) is 77.2 Å². The second-order valence-electron chi connectivity index (χ2n) is 4.25. The molecule has 1 aromatic heterocycles. The summed E-state index contributed by atoms with van der Waals surface area (Å²) in [6, 6.07) is 5.97. The monoisotopic (exact) mass is 338 g/mol. The molecule has 0 aliphatic heterocycles. The third-order valence-electron chi connectivity index (χ3n) is 2.67. The molecule has 2 aromatic rings. The normalized spacial score (nSPS) is 9.54. The van der Waals surface area contributed by atoms with Gasteiger partial charge in [0, 0.05) is 19.3 Å². The zero-order valence-corrected chi connectivity index (χ0v) is 12.1. The number of pyridine rings is 1. The van der Waals surface area contributed by atoms with Gasteiger partial charge in [-0.3, -0.25) is 35.1 Å². The molecule has 0 aliphatic rings. The van der Waals surface area contributed by atoms with Crippen LogP contribution in [0.5, 0.6) is 5.75 Å². The molecule has 0 amide bonds. The van der Waals surface area contributed by atoms with E-state index in [1.807, 2.05) is 6.07 Å². The molecule has 0 saturated carbocycles. The van der Waals surface area contributed by atoms with Crippen LogP contribution in [0.25, 0.3) is 0 Å². The van der Waals surface area contributed by atoms with E-state index in [-0.39, 0.29) is 5.56 Å². The van der Waals surface area contributed by atoms with Gasteiger partial charge in [0.25, 0.3) is 11.4 Å².